The topological polar surface area (TPSA) is 51.5 Å². The van der Waals surface area contributed by atoms with E-state index in [1.807, 2.05) is 0 Å². The van der Waals surface area contributed by atoms with Gasteiger partial charge in [0.2, 0.25) is 0 Å². The van der Waals surface area contributed by atoms with Crippen molar-refractivity contribution in [2.45, 2.75) is 19.4 Å². The summed E-state index contributed by atoms with van der Waals surface area (Å²) < 4.78 is 7.29. The van der Waals surface area contributed by atoms with Gasteiger partial charge in [-0.15, -0.1) is 0 Å². The molecule has 3 rings (SSSR count). The SMILES string of the molecule is CCc1ccc([C@H]2CN(C(=O)c3ccn(C)c(=O)c3)CCO2)cc1. The summed E-state index contributed by atoms with van der Waals surface area (Å²) in [5.74, 6) is -0.119. The molecule has 2 heterocycles. The van der Waals surface area contributed by atoms with Gasteiger partial charge < -0.3 is 14.2 Å². The number of aromatic nitrogens is 1. The Labute approximate surface area is 141 Å². The number of hydrogen-bond acceptors (Lipinski definition) is 3. The summed E-state index contributed by atoms with van der Waals surface area (Å²) in [7, 11) is 1.67. The van der Waals surface area contributed by atoms with Crippen LogP contribution in [0.4, 0.5) is 0 Å². The van der Waals surface area contributed by atoms with E-state index in [9.17, 15) is 9.59 Å². The molecule has 1 saturated heterocycles. The second-order valence-electron chi connectivity index (χ2n) is 6.07. The van der Waals surface area contributed by atoms with Crippen molar-refractivity contribution >= 4 is 5.91 Å². The van der Waals surface area contributed by atoms with E-state index in [2.05, 4.69) is 31.2 Å². The Morgan fingerprint density at radius 3 is 2.67 bits per heavy atom. The molecule has 1 aliphatic rings. The molecule has 5 nitrogen and oxygen atoms in total. The molecule has 0 spiro atoms. The van der Waals surface area contributed by atoms with Gasteiger partial charge in [-0.1, -0.05) is 31.2 Å². The Balaban J connectivity index is 1.75. The van der Waals surface area contributed by atoms with E-state index in [0.717, 1.165) is 12.0 Å². The molecule has 0 N–H and O–H groups in total. The molecule has 1 aliphatic heterocycles. The third kappa shape index (κ3) is 3.41. The fourth-order valence-corrected chi connectivity index (χ4v) is 2.87. The Kier molecular flexibility index (Phi) is 4.81. The zero-order chi connectivity index (χ0) is 17.1. The molecule has 24 heavy (non-hydrogen) atoms. The van der Waals surface area contributed by atoms with E-state index in [1.165, 1.54) is 16.2 Å². The van der Waals surface area contributed by atoms with Crippen LogP contribution in [0.5, 0.6) is 0 Å². The highest BCUT2D eigenvalue weighted by molar-refractivity contribution is 5.94. The predicted molar refractivity (Wildman–Crippen MR) is 92.1 cm³/mol. The number of morpholine rings is 1. The van der Waals surface area contributed by atoms with Gasteiger partial charge in [-0.2, -0.15) is 0 Å². The minimum atomic E-state index is -0.180. The highest BCUT2D eigenvalue weighted by atomic mass is 16.5. The van der Waals surface area contributed by atoms with Crippen molar-refractivity contribution < 1.29 is 9.53 Å². The van der Waals surface area contributed by atoms with Crippen molar-refractivity contribution in [3.8, 4) is 0 Å². The molecule has 0 radical (unpaired) electrons. The lowest BCUT2D eigenvalue weighted by molar-refractivity contribution is -0.0228. The number of carbonyl (C=O) groups is 1. The maximum absolute atomic E-state index is 12.7. The van der Waals surface area contributed by atoms with Crippen LogP contribution in [0.15, 0.2) is 47.4 Å². The number of rotatable bonds is 3. The second-order valence-corrected chi connectivity index (χ2v) is 6.07. The van der Waals surface area contributed by atoms with Crippen molar-refractivity contribution in [3.63, 3.8) is 0 Å². The lowest BCUT2D eigenvalue weighted by atomic mass is 10.0. The summed E-state index contributed by atoms with van der Waals surface area (Å²) in [6.45, 7) is 3.66. The summed E-state index contributed by atoms with van der Waals surface area (Å²) in [5, 5.41) is 0. The first kappa shape index (κ1) is 16.5. The first-order valence-corrected chi connectivity index (χ1v) is 8.25. The van der Waals surface area contributed by atoms with Crippen molar-refractivity contribution in [1.82, 2.24) is 9.47 Å². The van der Waals surface area contributed by atoms with Gasteiger partial charge in [0.05, 0.1) is 13.2 Å². The average Bonchev–Trinajstić information content (AvgIpc) is 2.63. The van der Waals surface area contributed by atoms with Crippen molar-refractivity contribution in [3.05, 3.63) is 69.6 Å². The van der Waals surface area contributed by atoms with Crippen LogP contribution in [0.3, 0.4) is 0 Å². The van der Waals surface area contributed by atoms with Gasteiger partial charge in [-0.25, -0.2) is 0 Å². The van der Waals surface area contributed by atoms with Crippen molar-refractivity contribution in [2.24, 2.45) is 7.05 Å². The predicted octanol–water partition coefficient (Wildman–Crippen LogP) is 2.16. The molecule has 1 atom stereocenters. The van der Waals surface area contributed by atoms with E-state index in [4.69, 9.17) is 4.74 Å². The third-order valence-electron chi connectivity index (χ3n) is 4.46. The van der Waals surface area contributed by atoms with Gasteiger partial charge in [0, 0.05) is 31.4 Å². The summed E-state index contributed by atoms with van der Waals surface area (Å²) in [6.07, 6.45) is 2.50. The molecule has 5 heteroatoms. The van der Waals surface area contributed by atoms with Crippen LogP contribution >= 0.6 is 0 Å². The molecular weight excluding hydrogens is 304 g/mol. The molecule has 0 aliphatic carbocycles. The molecule has 1 aromatic heterocycles. The minimum Gasteiger partial charge on any atom is -0.370 e. The zero-order valence-corrected chi connectivity index (χ0v) is 14.1. The monoisotopic (exact) mass is 326 g/mol. The number of hydrogen-bond donors (Lipinski definition) is 0. The number of aryl methyl sites for hydroxylation is 2. The lowest BCUT2D eigenvalue weighted by Gasteiger charge is -2.33. The number of pyridine rings is 1. The molecule has 1 fully saturated rings. The van der Waals surface area contributed by atoms with E-state index >= 15 is 0 Å². The van der Waals surface area contributed by atoms with Crippen LogP contribution in [-0.2, 0) is 18.2 Å². The average molecular weight is 326 g/mol. The molecule has 1 amide bonds. The van der Waals surface area contributed by atoms with Crippen LogP contribution in [0.2, 0.25) is 0 Å². The fraction of sp³-hybridized carbons (Fsp3) is 0.368. The molecule has 0 saturated carbocycles. The van der Waals surface area contributed by atoms with E-state index < -0.39 is 0 Å². The van der Waals surface area contributed by atoms with E-state index in [-0.39, 0.29) is 17.6 Å². The van der Waals surface area contributed by atoms with Crippen LogP contribution in [-0.4, -0.2) is 35.1 Å². The van der Waals surface area contributed by atoms with Gasteiger partial charge in [-0.05, 0) is 23.6 Å². The van der Waals surface area contributed by atoms with Crippen molar-refractivity contribution in [1.29, 1.82) is 0 Å². The first-order chi connectivity index (χ1) is 11.6. The smallest absolute Gasteiger partial charge is 0.254 e. The van der Waals surface area contributed by atoms with Crippen molar-refractivity contribution in [2.75, 3.05) is 19.7 Å². The molecule has 2 aromatic rings. The number of carbonyl (C=O) groups excluding carboxylic acids is 1. The molecule has 126 valence electrons. The number of ether oxygens (including phenoxy) is 1. The Hall–Kier alpha value is -2.40. The molecule has 1 aromatic carbocycles. The van der Waals surface area contributed by atoms with Crippen LogP contribution in [0.25, 0.3) is 0 Å². The van der Waals surface area contributed by atoms with Crippen LogP contribution in [0, 0.1) is 0 Å². The Morgan fingerprint density at radius 2 is 2.00 bits per heavy atom. The molecule has 0 bridgehead atoms. The maximum atomic E-state index is 12.7. The van der Waals surface area contributed by atoms with Gasteiger partial charge in [-0.3, -0.25) is 9.59 Å². The zero-order valence-electron chi connectivity index (χ0n) is 14.1. The fourth-order valence-electron chi connectivity index (χ4n) is 2.87. The Morgan fingerprint density at radius 1 is 1.25 bits per heavy atom. The summed E-state index contributed by atoms with van der Waals surface area (Å²) >= 11 is 0. The van der Waals surface area contributed by atoms with Gasteiger partial charge in [0.25, 0.3) is 11.5 Å². The minimum absolute atomic E-state index is 0.119. The largest absolute Gasteiger partial charge is 0.370 e. The number of amides is 1. The third-order valence-corrected chi connectivity index (χ3v) is 4.46. The van der Waals surface area contributed by atoms with Crippen LogP contribution in [0.1, 0.15) is 34.5 Å². The lowest BCUT2D eigenvalue weighted by Crippen LogP contribution is -2.42. The quantitative estimate of drug-likeness (QED) is 0.868. The molecule has 0 unspecified atom stereocenters. The van der Waals surface area contributed by atoms with E-state index in [0.29, 0.717) is 25.3 Å². The normalized spacial score (nSPS) is 17.8. The highest BCUT2D eigenvalue weighted by Crippen LogP contribution is 2.23. The summed E-state index contributed by atoms with van der Waals surface area (Å²) in [4.78, 5) is 26.2. The maximum Gasteiger partial charge on any atom is 0.254 e. The highest BCUT2D eigenvalue weighted by Gasteiger charge is 2.26. The van der Waals surface area contributed by atoms with Gasteiger partial charge in [0.1, 0.15) is 6.10 Å². The van der Waals surface area contributed by atoms with Crippen LogP contribution < -0.4 is 5.56 Å². The first-order valence-electron chi connectivity index (χ1n) is 8.25. The second kappa shape index (κ2) is 7.01. The van der Waals surface area contributed by atoms with Gasteiger partial charge in [0.15, 0.2) is 0 Å². The number of benzene rings is 1. The van der Waals surface area contributed by atoms with Gasteiger partial charge >= 0.3 is 0 Å². The summed E-state index contributed by atoms with van der Waals surface area (Å²) in [6, 6.07) is 11.4. The summed E-state index contributed by atoms with van der Waals surface area (Å²) in [5.41, 5.74) is 2.61. The standard InChI is InChI=1S/C19H22N2O3/c1-3-14-4-6-15(7-5-14)17-13-21(10-11-24-17)19(23)16-8-9-20(2)18(22)12-16/h4-9,12,17H,3,10-11,13H2,1-2H3/t17-/m1/s1. The Bertz CT molecular complexity index is 780. The number of nitrogens with zero attached hydrogens (tertiary/aromatic N) is 2. The van der Waals surface area contributed by atoms with E-state index in [1.54, 1.807) is 24.2 Å². The molecular formula is C19H22N2O3.